The number of aromatic nitrogens is 1. The highest BCUT2D eigenvalue weighted by molar-refractivity contribution is 7.22. The fourth-order valence-corrected chi connectivity index (χ4v) is 7.87. The summed E-state index contributed by atoms with van der Waals surface area (Å²) < 4.78 is 1.20. The summed E-state index contributed by atoms with van der Waals surface area (Å²) in [5.41, 5.74) is 3.47. The van der Waals surface area contributed by atoms with E-state index in [0.717, 1.165) is 67.2 Å². The number of rotatable bonds is 6. The van der Waals surface area contributed by atoms with Gasteiger partial charge in [0.25, 0.3) is 0 Å². The Labute approximate surface area is 184 Å². The van der Waals surface area contributed by atoms with Gasteiger partial charge in [-0.05, 0) is 114 Å². The van der Waals surface area contributed by atoms with Crippen molar-refractivity contribution in [3.8, 4) is 0 Å². The molecule has 0 spiro atoms. The summed E-state index contributed by atoms with van der Waals surface area (Å²) in [5, 5.41) is 0.915. The minimum Gasteiger partial charge on any atom is -0.309 e. The molecule has 4 bridgehead atoms. The average Bonchev–Trinajstić information content (AvgIpc) is 3.11. The summed E-state index contributed by atoms with van der Waals surface area (Å²) >= 11 is 1.70. The second kappa shape index (κ2) is 7.59. The summed E-state index contributed by atoms with van der Waals surface area (Å²) in [4.78, 5) is 23.5. The van der Waals surface area contributed by atoms with Crippen LogP contribution < -0.4 is 4.90 Å². The minimum atomic E-state index is -0.115. The first-order valence-corrected chi connectivity index (χ1v) is 12.5. The molecule has 162 valence electrons. The third kappa shape index (κ3) is 3.48. The Morgan fingerprint density at radius 3 is 2.30 bits per heavy atom. The Bertz CT molecular complexity index is 927. The molecule has 2 aromatic rings. The van der Waals surface area contributed by atoms with Gasteiger partial charge in [-0.3, -0.25) is 9.69 Å². The maximum absolute atomic E-state index is 14.2. The van der Waals surface area contributed by atoms with E-state index in [1.165, 1.54) is 35.1 Å². The highest BCUT2D eigenvalue weighted by Crippen LogP contribution is 2.60. The first-order chi connectivity index (χ1) is 14.3. The van der Waals surface area contributed by atoms with E-state index in [0.29, 0.717) is 5.91 Å². The molecule has 4 aliphatic rings. The first-order valence-electron chi connectivity index (χ1n) is 11.7. The van der Waals surface area contributed by atoms with Gasteiger partial charge in [-0.2, -0.15) is 0 Å². The van der Waals surface area contributed by atoms with Crippen LogP contribution in [0.25, 0.3) is 10.2 Å². The number of amides is 1. The van der Waals surface area contributed by atoms with Crippen molar-refractivity contribution in [1.29, 1.82) is 0 Å². The SMILES string of the molecule is Cc1ccc2sc(N(CCCN(C)C)C(=O)C34CC5CC(CC(C5)C3)C4)nc2c1C. The number of carbonyl (C=O) groups excluding carboxylic acids is 1. The molecule has 5 heteroatoms. The normalized spacial score (nSPS) is 29.8. The van der Waals surface area contributed by atoms with Crippen LogP contribution in [0.4, 0.5) is 5.13 Å². The predicted molar refractivity (Wildman–Crippen MR) is 125 cm³/mol. The van der Waals surface area contributed by atoms with Crippen molar-refractivity contribution in [2.24, 2.45) is 23.2 Å². The first kappa shape index (κ1) is 20.4. The van der Waals surface area contributed by atoms with E-state index in [2.05, 4.69) is 49.9 Å². The summed E-state index contributed by atoms with van der Waals surface area (Å²) in [7, 11) is 4.21. The summed E-state index contributed by atoms with van der Waals surface area (Å²) in [6.07, 6.45) is 8.44. The number of nitrogens with zero attached hydrogens (tertiary/aromatic N) is 3. The Hall–Kier alpha value is -1.46. The van der Waals surface area contributed by atoms with E-state index in [1.54, 1.807) is 11.3 Å². The van der Waals surface area contributed by atoms with Crippen molar-refractivity contribution in [2.45, 2.75) is 58.8 Å². The Kier molecular flexibility index (Phi) is 5.18. The molecule has 0 atom stereocenters. The highest BCUT2D eigenvalue weighted by Gasteiger charge is 2.55. The van der Waals surface area contributed by atoms with Crippen LogP contribution in [-0.2, 0) is 4.79 Å². The number of fused-ring (bicyclic) bond motifs is 1. The second-order valence-corrected chi connectivity index (χ2v) is 11.7. The Balaban J connectivity index is 1.49. The van der Waals surface area contributed by atoms with Gasteiger partial charge in [0, 0.05) is 6.54 Å². The van der Waals surface area contributed by atoms with Gasteiger partial charge < -0.3 is 4.90 Å². The van der Waals surface area contributed by atoms with Crippen molar-refractivity contribution >= 4 is 32.6 Å². The van der Waals surface area contributed by atoms with E-state index in [9.17, 15) is 4.79 Å². The lowest BCUT2D eigenvalue weighted by atomic mass is 9.49. The number of carbonyl (C=O) groups is 1. The van der Waals surface area contributed by atoms with E-state index in [4.69, 9.17) is 4.98 Å². The number of hydrogen-bond acceptors (Lipinski definition) is 4. The van der Waals surface area contributed by atoms with Crippen LogP contribution in [0.5, 0.6) is 0 Å². The molecule has 4 aliphatic carbocycles. The molecule has 4 nitrogen and oxygen atoms in total. The summed E-state index contributed by atoms with van der Waals surface area (Å²) in [5.74, 6) is 2.73. The molecule has 1 amide bonds. The smallest absolute Gasteiger partial charge is 0.235 e. The van der Waals surface area contributed by atoms with Crippen LogP contribution in [0, 0.1) is 37.0 Å². The monoisotopic (exact) mass is 425 g/mol. The Morgan fingerprint density at radius 2 is 1.70 bits per heavy atom. The van der Waals surface area contributed by atoms with E-state index in [-0.39, 0.29) is 5.41 Å². The van der Waals surface area contributed by atoms with Crippen molar-refractivity contribution in [3.05, 3.63) is 23.3 Å². The minimum absolute atomic E-state index is 0.115. The molecule has 0 radical (unpaired) electrons. The molecule has 0 N–H and O–H groups in total. The van der Waals surface area contributed by atoms with Crippen molar-refractivity contribution in [2.75, 3.05) is 32.1 Å². The van der Waals surface area contributed by atoms with Gasteiger partial charge in [-0.25, -0.2) is 4.98 Å². The lowest BCUT2D eigenvalue weighted by Crippen LogP contribution is -2.55. The standard InChI is InChI=1S/C25H35N3OS/c1-16-6-7-21-22(17(16)2)26-24(30-21)28(9-5-8-27(3)4)23(29)25-13-18-10-19(14-25)12-20(11-18)15-25/h6-7,18-20H,5,8-15H2,1-4H3. The third-order valence-electron chi connectivity index (χ3n) is 8.03. The van der Waals surface area contributed by atoms with Gasteiger partial charge in [0.15, 0.2) is 5.13 Å². The fraction of sp³-hybridized carbons (Fsp3) is 0.680. The lowest BCUT2D eigenvalue weighted by Gasteiger charge is -2.56. The van der Waals surface area contributed by atoms with Crippen molar-refractivity contribution in [3.63, 3.8) is 0 Å². The van der Waals surface area contributed by atoms with Gasteiger partial charge in [0.05, 0.1) is 15.6 Å². The maximum atomic E-state index is 14.2. The van der Waals surface area contributed by atoms with Crippen LogP contribution in [0.3, 0.4) is 0 Å². The molecule has 1 heterocycles. The third-order valence-corrected chi connectivity index (χ3v) is 9.07. The van der Waals surface area contributed by atoms with Crippen molar-refractivity contribution in [1.82, 2.24) is 9.88 Å². The van der Waals surface area contributed by atoms with Gasteiger partial charge in [-0.1, -0.05) is 17.4 Å². The number of aryl methyl sites for hydroxylation is 2. The van der Waals surface area contributed by atoms with Gasteiger partial charge in [0.1, 0.15) is 0 Å². The van der Waals surface area contributed by atoms with Gasteiger partial charge in [-0.15, -0.1) is 0 Å². The van der Waals surface area contributed by atoms with Crippen LogP contribution in [0.15, 0.2) is 12.1 Å². The Morgan fingerprint density at radius 1 is 1.07 bits per heavy atom. The molecule has 4 saturated carbocycles. The topological polar surface area (TPSA) is 36.4 Å². The van der Waals surface area contributed by atoms with E-state index in [1.807, 2.05) is 0 Å². The van der Waals surface area contributed by atoms with Crippen LogP contribution in [0.1, 0.15) is 56.1 Å². The van der Waals surface area contributed by atoms with Crippen LogP contribution in [0.2, 0.25) is 0 Å². The number of anilines is 1. The average molecular weight is 426 g/mol. The molecule has 30 heavy (non-hydrogen) atoms. The molecule has 0 unspecified atom stereocenters. The molecular formula is C25H35N3OS. The second-order valence-electron chi connectivity index (χ2n) is 10.7. The highest BCUT2D eigenvalue weighted by atomic mass is 32.1. The molecule has 1 aromatic heterocycles. The molecular weight excluding hydrogens is 390 g/mol. The molecule has 4 fully saturated rings. The summed E-state index contributed by atoms with van der Waals surface area (Å²) in [6.45, 7) is 6.06. The zero-order valence-corrected chi connectivity index (χ0v) is 19.7. The van der Waals surface area contributed by atoms with Gasteiger partial charge >= 0.3 is 0 Å². The van der Waals surface area contributed by atoms with Crippen molar-refractivity contribution < 1.29 is 4.79 Å². The van der Waals surface area contributed by atoms with Crippen LogP contribution in [-0.4, -0.2) is 43.0 Å². The van der Waals surface area contributed by atoms with E-state index < -0.39 is 0 Å². The van der Waals surface area contributed by atoms with Gasteiger partial charge in [0.2, 0.25) is 5.91 Å². The number of benzene rings is 1. The quantitative estimate of drug-likeness (QED) is 0.620. The molecule has 6 rings (SSSR count). The molecule has 1 aromatic carbocycles. The zero-order valence-electron chi connectivity index (χ0n) is 18.9. The predicted octanol–water partition coefficient (Wildman–Crippen LogP) is 5.41. The summed E-state index contributed by atoms with van der Waals surface area (Å²) in [6, 6.07) is 4.35. The molecule has 0 saturated heterocycles. The maximum Gasteiger partial charge on any atom is 0.235 e. The fourth-order valence-electron chi connectivity index (χ4n) is 6.82. The zero-order chi connectivity index (χ0) is 21.0. The number of hydrogen-bond donors (Lipinski definition) is 0. The number of thiazole rings is 1. The molecule has 0 aliphatic heterocycles. The van der Waals surface area contributed by atoms with Crippen LogP contribution >= 0.6 is 11.3 Å². The largest absolute Gasteiger partial charge is 0.309 e. The lowest BCUT2D eigenvalue weighted by molar-refractivity contribution is -0.143. The van der Waals surface area contributed by atoms with E-state index >= 15 is 0 Å².